The second-order valence-corrected chi connectivity index (χ2v) is 9.41. The van der Waals surface area contributed by atoms with Crippen molar-refractivity contribution in [3.63, 3.8) is 0 Å². The molecule has 2 heterocycles. The summed E-state index contributed by atoms with van der Waals surface area (Å²) < 4.78 is 5.29. The van der Waals surface area contributed by atoms with E-state index in [1.165, 1.54) is 11.9 Å². The zero-order valence-electron chi connectivity index (χ0n) is 21.0. The van der Waals surface area contributed by atoms with Crippen LogP contribution in [0.2, 0.25) is 0 Å². The first-order valence-corrected chi connectivity index (χ1v) is 13.3. The standard InChI is InChI=1S/C29H20N2O6.CH2.V/c1-30-26(33)18-6-2-14-16-4-8-20-25-21(29(36)31(28(20)35)10-12-37-13-11-32)9-5-17(23(16)25)15-3-7-19(27(30)34)24(18)22(14)15;;/h2-9,32H,10-13H2,1H3;1H2;. The molecular formula is C30H22N2O6V. The van der Waals surface area contributed by atoms with Crippen molar-refractivity contribution in [2.75, 3.05) is 33.4 Å². The number of amides is 4. The SMILES string of the molecule is CN1C(=O)c2ccc3c4ccc5c6c(ccc(c7ccc(c2c37)C1=O)c64)C(=O)N(CCOCCO)C5=O.[CH2]=[V]. The first kappa shape index (κ1) is 25.3. The number of fused-ring (bicyclic) bond motifs is 2. The molecule has 4 amide bonds. The molecule has 2 aliphatic rings. The molecule has 0 atom stereocenters. The number of ether oxygens (including phenoxy) is 1. The van der Waals surface area contributed by atoms with Crippen molar-refractivity contribution in [2.24, 2.45) is 0 Å². The third-order valence-corrected chi connectivity index (χ3v) is 7.62. The normalized spacial score (nSPS) is 14.7. The zero-order valence-corrected chi connectivity index (χ0v) is 22.4. The summed E-state index contributed by atoms with van der Waals surface area (Å²) in [4.78, 5) is 55.0. The number of rotatable bonds is 5. The third-order valence-electron chi connectivity index (χ3n) is 7.62. The number of imide groups is 2. The molecule has 0 fully saturated rings. The van der Waals surface area contributed by atoms with E-state index >= 15 is 0 Å². The number of aliphatic hydroxyl groups is 1. The molecule has 0 bridgehead atoms. The molecule has 0 saturated heterocycles. The summed E-state index contributed by atoms with van der Waals surface area (Å²) in [7, 11) is 1.49. The van der Waals surface area contributed by atoms with Crippen LogP contribution in [0.3, 0.4) is 0 Å². The van der Waals surface area contributed by atoms with Crippen LogP contribution < -0.4 is 0 Å². The summed E-state index contributed by atoms with van der Waals surface area (Å²) >= 11 is 2.06. The molecule has 193 valence electrons. The van der Waals surface area contributed by atoms with Crippen molar-refractivity contribution >= 4 is 72.0 Å². The van der Waals surface area contributed by atoms with Gasteiger partial charge in [-0.3, -0.25) is 29.0 Å². The minimum absolute atomic E-state index is 0.0896. The van der Waals surface area contributed by atoms with E-state index in [0.29, 0.717) is 33.0 Å². The molecule has 0 spiro atoms. The van der Waals surface area contributed by atoms with Crippen molar-refractivity contribution in [3.8, 4) is 0 Å². The van der Waals surface area contributed by atoms with Crippen LogP contribution in [0.5, 0.6) is 0 Å². The number of aliphatic hydroxyl groups excluding tert-OH is 1. The van der Waals surface area contributed by atoms with E-state index in [4.69, 9.17) is 9.84 Å². The quantitative estimate of drug-likeness (QED) is 0.154. The van der Waals surface area contributed by atoms with Crippen LogP contribution in [0, 0.1) is 0 Å². The summed E-state index contributed by atoms with van der Waals surface area (Å²) in [6.45, 7) is 0.231. The fourth-order valence-corrected chi connectivity index (χ4v) is 5.96. The van der Waals surface area contributed by atoms with Gasteiger partial charge in [-0.05, 0) is 56.6 Å². The molecule has 0 aromatic heterocycles. The maximum absolute atomic E-state index is 13.4. The molecule has 2 aliphatic heterocycles. The van der Waals surface area contributed by atoms with Crippen LogP contribution in [0.25, 0.3) is 43.1 Å². The summed E-state index contributed by atoms with van der Waals surface area (Å²) in [5, 5.41) is 18.4. The molecular weight excluding hydrogens is 535 g/mol. The number of nitrogens with zero attached hydrogens (tertiary/aromatic N) is 2. The van der Waals surface area contributed by atoms with Crippen molar-refractivity contribution in [1.29, 1.82) is 0 Å². The predicted octanol–water partition coefficient (Wildman–Crippen LogP) is 3.53. The first-order valence-electron chi connectivity index (χ1n) is 12.3. The van der Waals surface area contributed by atoms with Crippen LogP contribution >= 0.6 is 0 Å². The number of benzene rings is 5. The average Bonchev–Trinajstić information content (AvgIpc) is 2.97. The summed E-state index contributed by atoms with van der Waals surface area (Å²) in [5.74, 6) is -1.44. The average molecular weight is 557 g/mol. The second-order valence-electron chi connectivity index (χ2n) is 9.41. The number of carbonyl (C=O) groups is 4. The van der Waals surface area contributed by atoms with E-state index in [2.05, 4.69) is 22.2 Å². The molecule has 1 N–H and O–H groups in total. The van der Waals surface area contributed by atoms with Crippen molar-refractivity contribution < 1.29 is 46.0 Å². The van der Waals surface area contributed by atoms with Crippen molar-refractivity contribution in [1.82, 2.24) is 9.80 Å². The van der Waals surface area contributed by atoms with Gasteiger partial charge in [-0.15, -0.1) is 0 Å². The van der Waals surface area contributed by atoms with Gasteiger partial charge < -0.3 is 9.84 Å². The van der Waals surface area contributed by atoms with Crippen LogP contribution in [-0.2, 0) is 21.7 Å². The Hall–Kier alpha value is -3.95. The van der Waals surface area contributed by atoms with Gasteiger partial charge in [0.1, 0.15) is 0 Å². The molecule has 5 aromatic rings. The van der Waals surface area contributed by atoms with E-state index in [0.717, 1.165) is 37.2 Å². The molecule has 8 nitrogen and oxygen atoms in total. The first-order chi connectivity index (χ1) is 18.9. The van der Waals surface area contributed by atoms with Crippen molar-refractivity contribution in [3.05, 3.63) is 70.8 Å². The number of hydrogen-bond donors (Lipinski definition) is 1. The topological polar surface area (TPSA) is 104 Å². The Morgan fingerprint density at radius 1 is 0.641 bits per heavy atom. The fourth-order valence-electron chi connectivity index (χ4n) is 5.96. The van der Waals surface area contributed by atoms with Crippen LogP contribution in [0.4, 0.5) is 0 Å². The fraction of sp³-hybridized carbons (Fsp3) is 0.167. The minimum atomic E-state index is -0.385. The number of hydrogen-bond acceptors (Lipinski definition) is 6. The van der Waals surface area contributed by atoms with E-state index < -0.39 is 0 Å². The van der Waals surface area contributed by atoms with Crippen LogP contribution in [0.15, 0.2) is 48.5 Å². The molecule has 5 aromatic carbocycles. The monoisotopic (exact) mass is 557 g/mol. The molecule has 39 heavy (non-hydrogen) atoms. The van der Waals surface area contributed by atoms with Gasteiger partial charge in [0.2, 0.25) is 0 Å². The Labute approximate surface area is 231 Å². The van der Waals surface area contributed by atoms with Gasteiger partial charge in [-0.1, -0.05) is 24.3 Å². The maximum atomic E-state index is 13.4. The van der Waals surface area contributed by atoms with Crippen LogP contribution in [-0.4, -0.2) is 77.2 Å². The van der Waals surface area contributed by atoms with Gasteiger partial charge in [0.05, 0.1) is 26.4 Å². The summed E-state index contributed by atoms with van der Waals surface area (Å²) in [6, 6.07) is 14.5. The zero-order chi connectivity index (χ0) is 27.6. The molecule has 0 radical (unpaired) electrons. The Bertz CT molecular complexity index is 1780. The molecule has 0 saturated carbocycles. The molecule has 0 unspecified atom stereocenters. The Morgan fingerprint density at radius 3 is 1.41 bits per heavy atom. The molecule has 0 aliphatic carbocycles. The molecule has 9 heteroatoms. The van der Waals surface area contributed by atoms with E-state index in [1.54, 1.807) is 24.3 Å². The molecule has 7 rings (SSSR count). The Kier molecular flexibility index (Phi) is 6.08. The number of carbonyl (C=O) groups excluding carboxylic acids is 4. The van der Waals surface area contributed by atoms with Crippen molar-refractivity contribution in [2.45, 2.75) is 0 Å². The summed E-state index contributed by atoms with van der Waals surface area (Å²) in [6.07, 6.45) is 0. The van der Waals surface area contributed by atoms with Gasteiger partial charge in [-0.2, -0.15) is 0 Å². The Balaban J connectivity index is 0.00000135. The predicted molar refractivity (Wildman–Crippen MR) is 144 cm³/mol. The van der Waals surface area contributed by atoms with Gasteiger partial charge in [0, 0.05) is 40.1 Å². The van der Waals surface area contributed by atoms with E-state index in [-0.39, 0.29) is 50.0 Å². The van der Waals surface area contributed by atoms with Crippen LogP contribution in [0.1, 0.15) is 41.4 Å². The second kappa shape index (κ2) is 9.36. The summed E-state index contributed by atoms with van der Waals surface area (Å²) in [5.41, 5.74) is 1.85. The van der Waals surface area contributed by atoms with Gasteiger partial charge in [0.15, 0.2) is 0 Å². The third kappa shape index (κ3) is 3.36. The van der Waals surface area contributed by atoms with Gasteiger partial charge >= 0.3 is 22.2 Å². The van der Waals surface area contributed by atoms with Gasteiger partial charge in [-0.25, -0.2) is 0 Å². The Morgan fingerprint density at radius 2 is 1.03 bits per heavy atom. The van der Waals surface area contributed by atoms with E-state index in [1.807, 2.05) is 24.3 Å². The van der Waals surface area contributed by atoms with E-state index in [9.17, 15) is 19.2 Å². The van der Waals surface area contributed by atoms with Gasteiger partial charge in [0.25, 0.3) is 23.6 Å².